The summed E-state index contributed by atoms with van der Waals surface area (Å²) in [6.07, 6.45) is 0.145. The standard InChI is InChI=1S/C19H15Cl2N3O5/c1-9-2-3-14-15(4-5-16(25)24(9)14)28-17-12(20)6-10(7-13(17)21)11(8-22)18(26)29-19(23)27/h4-7,9,11H,2-3H2,1H3,(H2,23,27). The third-order valence-electron chi connectivity index (χ3n) is 4.56. The molecule has 1 amide bonds. The van der Waals surface area contributed by atoms with Crippen molar-refractivity contribution in [2.75, 3.05) is 0 Å². The molecule has 0 saturated heterocycles. The third-order valence-corrected chi connectivity index (χ3v) is 5.12. The summed E-state index contributed by atoms with van der Waals surface area (Å²) >= 11 is 12.6. The van der Waals surface area contributed by atoms with Gasteiger partial charge in [0.25, 0.3) is 5.56 Å². The molecular formula is C19H15Cl2N3O5. The minimum absolute atomic E-state index is 0.0376. The first-order valence-electron chi connectivity index (χ1n) is 8.55. The Balaban J connectivity index is 1.96. The molecule has 10 heteroatoms. The summed E-state index contributed by atoms with van der Waals surface area (Å²) in [5.74, 6) is -2.05. The lowest BCUT2D eigenvalue weighted by Gasteiger charge is -2.16. The van der Waals surface area contributed by atoms with Crippen molar-refractivity contribution in [1.29, 1.82) is 5.26 Å². The van der Waals surface area contributed by atoms with Gasteiger partial charge in [0.2, 0.25) is 0 Å². The number of esters is 1. The minimum Gasteiger partial charge on any atom is -0.452 e. The summed E-state index contributed by atoms with van der Waals surface area (Å²) in [7, 11) is 0. The Morgan fingerprint density at radius 1 is 1.31 bits per heavy atom. The number of amides is 1. The molecule has 8 nitrogen and oxygen atoms in total. The number of halogens is 2. The minimum atomic E-state index is -1.45. The van der Waals surface area contributed by atoms with Crippen molar-refractivity contribution < 1.29 is 19.1 Å². The van der Waals surface area contributed by atoms with Gasteiger partial charge in [0.05, 0.1) is 21.8 Å². The second-order valence-electron chi connectivity index (χ2n) is 6.46. The molecule has 2 heterocycles. The van der Waals surface area contributed by atoms with Crippen molar-refractivity contribution in [2.45, 2.75) is 31.7 Å². The number of benzene rings is 1. The molecule has 2 aromatic rings. The number of carbonyl (C=O) groups is 2. The average Bonchev–Trinajstić information content (AvgIpc) is 3.03. The summed E-state index contributed by atoms with van der Waals surface area (Å²) in [6.45, 7) is 1.95. The number of aromatic nitrogens is 1. The molecule has 0 radical (unpaired) electrons. The summed E-state index contributed by atoms with van der Waals surface area (Å²) < 4.78 is 11.8. The molecule has 2 unspecified atom stereocenters. The van der Waals surface area contributed by atoms with Gasteiger partial charge in [0.1, 0.15) is 5.75 Å². The first-order chi connectivity index (χ1) is 13.7. The Kier molecular flexibility index (Phi) is 5.82. The Bertz CT molecular complexity index is 1080. The van der Waals surface area contributed by atoms with Crippen molar-refractivity contribution >= 4 is 35.3 Å². The van der Waals surface area contributed by atoms with Crippen LogP contribution in [0.15, 0.2) is 29.1 Å². The SMILES string of the molecule is CC1CCc2c(Oc3c(Cl)cc(C(C#N)C(=O)OC(N)=O)cc3Cl)ccc(=O)n21. The van der Waals surface area contributed by atoms with Gasteiger partial charge in [-0.15, -0.1) is 0 Å². The fourth-order valence-electron chi connectivity index (χ4n) is 3.24. The summed E-state index contributed by atoms with van der Waals surface area (Å²) in [4.78, 5) is 34.7. The number of carbonyl (C=O) groups excluding carboxylic acids is 2. The summed E-state index contributed by atoms with van der Waals surface area (Å²) in [5, 5.41) is 9.33. The zero-order valence-corrected chi connectivity index (χ0v) is 16.7. The predicted octanol–water partition coefficient (Wildman–Crippen LogP) is 3.68. The molecule has 3 rings (SSSR count). The first-order valence-corrected chi connectivity index (χ1v) is 9.30. The van der Waals surface area contributed by atoms with Crippen LogP contribution in [-0.4, -0.2) is 16.6 Å². The van der Waals surface area contributed by atoms with Crippen LogP contribution >= 0.6 is 23.2 Å². The first kappa shape index (κ1) is 20.7. The van der Waals surface area contributed by atoms with Gasteiger partial charge in [-0.2, -0.15) is 5.26 Å². The van der Waals surface area contributed by atoms with Gasteiger partial charge < -0.3 is 19.8 Å². The number of fused-ring (bicyclic) bond motifs is 1. The molecule has 29 heavy (non-hydrogen) atoms. The van der Waals surface area contributed by atoms with Crippen LogP contribution in [-0.2, 0) is 16.0 Å². The molecule has 0 bridgehead atoms. The number of ether oxygens (including phenoxy) is 2. The van der Waals surface area contributed by atoms with Crippen molar-refractivity contribution in [3.8, 4) is 17.6 Å². The van der Waals surface area contributed by atoms with E-state index in [0.29, 0.717) is 12.2 Å². The van der Waals surface area contributed by atoms with Crippen LogP contribution in [0.4, 0.5) is 4.79 Å². The van der Waals surface area contributed by atoms with Crippen LogP contribution in [0.1, 0.15) is 36.6 Å². The molecule has 2 atom stereocenters. The number of primary amides is 1. The maximum absolute atomic E-state index is 12.1. The van der Waals surface area contributed by atoms with E-state index in [1.807, 2.05) is 6.92 Å². The van der Waals surface area contributed by atoms with Crippen LogP contribution < -0.4 is 16.0 Å². The van der Waals surface area contributed by atoms with Gasteiger partial charge >= 0.3 is 12.1 Å². The third kappa shape index (κ3) is 4.06. The molecular weight excluding hydrogens is 421 g/mol. The van der Waals surface area contributed by atoms with E-state index in [-0.39, 0.29) is 33.0 Å². The highest BCUT2D eigenvalue weighted by molar-refractivity contribution is 6.37. The molecule has 1 aliphatic rings. The number of hydrogen-bond acceptors (Lipinski definition) is 6. The van der Waals surface area contributed by atoms with Gasteiger partial charge in [-0.25, -0.2) is 9.59 Å². The molecule has 0 saturated carbocycles. The fraction of sp³-hybridized carbons (Fsp3) is 0.263. The molecule has 0 fully saturated rings. The Morgan fingerprint density at radius 3 is 2.55 bits per heavy atom. The van der Waals surface area contributed by atoms with E-state index in [4.69, 9.17) is 33.7 Å². The van der Waals surface area contributed by atoms with Gasteiger partial charge in [0, 0.05) is 12.1 Å². The normalized spacial score (nSPS) is 15.9. The molecule has 0 aliphatic carbocycles. The van der Waals surface area contributed by atoms with E-state index in [0.717, 1.165) is 12.1 Å². The Morgan fingerprint density at radius 2 is 1.97 bits per heavy atom. The fourth-order valence-corrected chi connectivity index (χ4v) is 3.83. The van der Waals surface area contributed by atoms with E-state index < -0.39 is 18.0 Å². The zero-order valence-electron chi connectivity index (χ0n) is 15.1. The second kappa shape index (κ2) is 8.15. The average molecular weight is 436 g/mol. The van der Waals surface area contributed by atoms with Gasteiger partial charge in [-0.05, 0) is 43.5 Å². The van der Waals surface area contributed by atoms with Crippen molar-refractivity contribution in [1.82, 2.24) is 4.57 Å². The van der Waals surface area contributed by atoms with Crippen LogP contribution in [0.5, 0.6) is 11.5 Å². The summed E-state index contributed by atoms with van der Waals surface area (Å²) in [6, 6.07) is 7.36. The lowest BCUT2D eigenvalue weighted by atomic mass is 10.0. The second-order valence-corrected chi connectivity index (χ2v) is 7.27. The topological polar surface area (TPSA) is 124 Å². The largest absolute Gasteiger partial charge is 0.452 e. The highest BCUT2D eigenvalue weighted by Crippen LogP contribution is 2.41. The summed E-state index contributed by atoms with van der Waals surface area (Å²) in [5.41, 5.74) is 5.55. The quantitative estimate of drug-likeness (QED) is 0.576. The highest BCUT2D eigenvalue weighted by Gasteiger charge is 2.27. The zero-order chi connectivity index (χ0) is 21.3. The van der Waals surface area contributed by atoms with E-state index in [1.165, 1.54) is 18.2 Å². The Hall–Kier alpha value is -3.02. The monoisotopic (exact) mass is 435 g/mol. The molecule has 1 aromatic carbocycles. The number of nitriles is 1. The van der Waals surface area contributed by atoms with E-state index >= 15 is 0 Å². The van der Waals surface area contributed by atoms with Crippen molar-refractivity contribution in [2.24, 2.45) is 5.73 Å². The Labute approximate surface area is 175 Å². The lowest BCUT2D eigenvalue weighted by Crippen LogP contribution is -2.23. The maximum atomic E-state index is 12.1. The van der Waals surface area contributed by atoms with Crippen LogP contribution in [0.2, 0.25) is 10.0 Å². The highest BCUT2D eigenvalue weighted by atomic mass is 35.5. The van der Waals surface area contributed by atoms with Crippen LogP contribution in [0, 0.1) is 11.3 Å². The number of pyridine rings is 1. The van der Waals surface area contributed by atoms with E-state index in [9.17, 15) is 19.6 Å². The van der Waals surface area contributed by atoms with Crippen LogP contribution in [0.25, 0.3) is 0 Å². The van der Waals surface area contributed by atoms with Crippen molar-refractivity contribution in [3.05, 3.63) is 55.9 Å². The molecule has 2 N–H and O–H groups in total. The van der Waals surface area contributed by atoms with Gasteiger partial charge in [-0.3, -0.25) is 4.79 Å². The number of hydrogen-bond donors (Lipinski definition) is 1. The lowest BCUT2D eigenvalue weighted by molar-refractivity contribution is -0.137. The predicted molar refractivity (Wildman–Crippen MR) is 104 cm³/mol. The molecule has 0 spiro atoms. The van der Waals surface area contributed by atoms with Crippen molar-refractivity contribution in [3.63, 3.8) is 0 Å². The van der Waals surface area contributed by atoms with E-state index in [2.05, 4.69) is 4.74 Å². The maximum Gasteiger partial charge on any atom is 0.412 e. The number of nitrogens with two attached hydrogens (primary N) is 1. The molecule has 150 valence electrons. The number of rotatable bonds is 4. The van der Waals surface area contributed by atoms with Crippen LogP contribution in [0.3, 0.4) is 0 Å². The van der Waals surface area contributed by atoms with Gasteiger partial charge in [0.15, 0.2) is 11.7 Å². The molecule has 1 aliphatic heterocycles. The van der Waals surface area contributed by atoms with E-state index in [1.54, 1.807) is 16.7 Å². The smallest absolute Gasteiger partial charge is 0.412 e. The molecule has 1 aromatic heterocycles. The number of nitrogens with zero attached hydrogens (tertiary/aromatic N) is 2. The van der Waals surface area contributed by atoms with Gasteiger partial charge in [-0.1, -0.05) is 23.2 Å².